The fourth-order valence-corrected chi connectivity index (χ4v) is 2.92. The van der Waals surface area contributed by atoms with Gasteiger partial charge in [-0.05, 0) is 12.5 Å². The third-order valence-corrected chi connectivity index (χ3v) is 3.94. The van der Waals surface area contributed by atoms with Crippen molar-refractivity contribution >= 4 is 26.7 Å². The Kier molecular flexibility index (Phi) is 3.13. The summed E-state index contributed by atoms with van der Waals surface area (Å²) in [7, 11) is 0. The van der Waals surface area contributed by atoms with Gasteiger partial charge in [-0.1, -0.05) is 11.3 Å². The van der Waals surface area contributed by atoms with E-state index in [0.29, 0.717) is 15.7 Å². The molecule has 3 nitrogen and oxygen atoms in total. The summed E-state index contributed by atoms with van der Waals surface area (Å²) in [5.74, 6) is -0.712. The molecule has 1 aromatic heterocycles. The van der Waals surface area contributed by atoms with Crippen LogP contribution in [0.3, 0.4) is 0 Å². The lowest BCUT2D eigenvalue weighted by Gasteiger charge is -2.07. The Morgan fingerprint density at radius 3 is 3.11 bits per heavy atom. The molecule has 1 N–H and O–H groups in total. The molecule has 96 valence electrons. The van der Waals surface area contributed by atoms with Crippen LogP contribution in [-0.4, -0.2) is 24.7 Å². The number of aromatic nitrogens is 1. The minimum atomic E-state index is -0.613. The summed E-state index contributed by atoms with van der Waals surface area (Å²) in [6.45, 7) is 2.30. The van der Waals surface area contributed by atoms with Crippen molar-refractivity contribution in [3.05, 3.63) is 23.8 Å². The molecule has 0 saturated carbocycles. The molecule has 1 aliphatic rings. The molecule has 2 heterocycles. The third kappa shape index (κ3) is 2.30. The van der Waals surface area contributed by atoms with Crippen molar-refractivity contribution in [2.75, 3.05) is 25.1 Å². The van der Waals surface area contributed by atoms with Gasteiger partial charge in [0.15, 0.2) is 10.9 Å². The number of nitrogens with one attached hydrogen (secondary N) is 1. The van der Waals surface area contributed by atoms with Gasteiger partial charge in [-0.15, -0.1) is 0 Å². The molecule has 1 atom stereocenters. The molecular weight excluding hydrogens is 258 g/mol. The van der Waals surface area contributed by atoms with Crippen LogP contribution in [0.25, 0.3) is 10.2 Å². The maximum Gasteiger partial charge on any atom is 0.183 e. The second-order valence-electron chi connectivity index (χ2n) is 4.36. The van der Waals surface area contributed by atoms with Crippen LogP contribution < -0.4 is 5.32 Å². The van der Waals surface area contributed by atoms with E-state index >= 15 is 0 Å². The highest BCUT2D eigenvalue weighted by atomic mass is 32.1. The zero-order chi connectivity index (χ0) is 12.5. The number of rotatable bonds is 3. The molecular formula is C12H12F2N2OS. The highest BCUT2D eigenvalue weighted by Crippen LogP contribution is 2.29. The van der Waals surface area contributed by atoms with E-state index in [1.54, 1.807) is 0 Å². The molecule has 0 bridgehead atoms. The highest BCUT2D eigenvalue weighted by molar-refractivity contribution is 7.22. The molecule has 0 amide bonds. The third-order valence-electron chi connectivity index (χ3n) is 2.98. The van der Waals surface area contributed by atoms with Crippen LogP contribution in [0.5, 0.6) is 0 Å². The first kappa shape index (κ1) is 11.8. The fraction of sp³-hybridized carbons (Fsp3) is 0.417. The molecule has 1 aromatic carbocycles. The van der Waals surface area contributed by atoms with Gasteiger partial charge in [0, 0.05) is 25.1 Å². The van der Waals surface area contributed by atoms with Crippen molar-refractivity contribution in [2.24, 2.45) is 5.92 Å². The normalized spacial score (nSPS) is 19.6. The molecule has 1 aliphatic heterocycles. The van der Waals surface area contributed by atoms with Crippen LogP contribution in [0.4, 0.5) is 13.9 Å². The van der Waals surface area contributed by atoms with E-state index in [0.717, 1.165) is 32.2 Å². The van der Waals surface area contributed by atoms with Crippen LogP contribution in [0.1, 0.15) is 6.42 Å². The van der Waals surface area contributed by atoms with Gasteiger partial charge in [0.05, 0.1) is 11.3 Å². The number of halogens is 2. The van der Waals surface area contributed by atoms with Crippen molar-refractivity contribution in [1.29, 1.82) is 0 Å². The van der Waals surface area contributed by atoms with E-state index < -0.39 is 11.6 Å². The molecule has 1 fully saturated rings. The van der Waals surface area contributed by atoms with E-state index in [9.17, 15) is 8.78 Å². The van der Waals surface area contributed by atoms with Gasteiger partial charge >= 0.3 is 0 Å². The van der Waals surface area contributed by atoms with E-state index in [1.807, 2.05) is 0 Å². The first-order valence-electron chi connectivity index (χ1n) is 5.79. The first-order valence-corrected chi connectivity index (χ1v) is 6.61. The van der Waals surface area contributed by atoms with Crippen LogP contribution in [0.15, 0.2) is 12.1 Å². The Labute approximate surface area is 107 Å². The van der Waals surface area contributed by atoms with Crippen molar-refractivity contribution in [3.63, 3.8) is 0 Å². The van der Waals surface area contributed by atoms with Gasteiger partial charge in [-0.3, -0.25) is 0 Å². The quantitative estimate of drug-likeness (QED) is 0.931. The summed E-state index contributed by atoms with van der Waals surface area (Å²) in [6, 6.07) is 2.16. The maximum atomic E-state index is 13.5. The van der Waals surface area contributed by atoms with E-state index in [1.165, 1.54) is 17.4 Å². The van der Waals surface area contributed by atoms with Crippen LogP contribution in [-0.2, 0) is 4.74 Å². The van der Waals surface area contributed by atoms with Crippen molar-refractivity contribution in [3.8, 4) is 0 Å². The van der Waals surface area contributed by atoms with Gasteiger partial charge in [0.2, 0.25) is 0 Å². The number of fused-ring (bicyclic) bond motifs is 1. The Morgan fingerprint density at radius 1 is 1.44 bits per heavy atom. The Balaban J connectivity index is 1.78. The molecule has 1 unspecified atom stereocenters. The summed E-state index contributed by atoms with van der Waals surface area (Å²) in [6.07, 6.45) is 1.03. The molecule has 1 saturated heterocycles. The minimum absolute atomic E-state index is 0.228. The fourth-order valence-electron chi connectivity index (χ4n) is 2.01. The highest BCUT2D eigenvalue weighted by Gasteiger charge is 2.16. The largest absolute Gasteiger partial charge is 0.381 e. The Hall–Kier alpha value is -1.27. The van der Waals surface area contributed by atoms with Gasteiger partial charge < -0.3 is 10.1 Å². The molecule has 6 heteroatoms. The Bertz CT molecular complexity index is 566. The SMILES string of the molecule is Fc1cc(F)c2nc(NCC3CCOC3)sc2c1. The smallest absolute Gasteiger partial charge is 0.183 e. The van der Waals surface area contributed by atoms with Crippen molar-refractivity contribution < 1.29 is 13.5 Å². The van der Waals surface area contributed by atoms with Crippen LogP contribution in [0, 0.1) is 17.6 Å². The number of hydrogen-bond donors (Lipinski definition) is 1. The molecule has 18 heavy (non-hydrogen) atoms. The summed E-state index contributed by atoms with van der Waals surface area (Å²) in [5.41, 5.74) is 0.228. The Morgan fingerprint density at radius 2 is 2.33 bits per heavy atom. The average molecular weight is 270 g/mol. The van der Waals surface area contributed by atoms with Crippen molar-refractivity contribution in [1.82, 2.24) is 4.98 Å². The van der Waals surface area contributed by atoms with Crippen LogP contribution in [0.2, 0.25) is 0 Å². The van der Waals surface area contributed by atoms with Crippen LogP contribution >= 0.6 is 11.3 Å². The van der Waals surface area contributed by atoms with Gasteiger partial charge in [0.1, 0.15) is 11.3 Å². The van der Waals surface area contributed by atoms with E-state index in [2.05, 4.69) is 10.3 Å². The molecule has 2 aromatic rings. The lowest BCUT2D eigenvalue weighted by atomic mass is 10.1. The standard InChI is InChI=1S/C12H12F2N2OS/c13-8-3-9(14)11-10(4-8)18-12(16-11)15-5-7-1-2-17-6-7/h3-4,7H,1-2,5-6H2,(H,15,16). The number of nitrogens with zero attached hydrogens (tertiary/aromatic N) is 1. The first-order chi connectivity index (χ1) is 8.72. The summed E-state index contributed by atoms with van der Waals surface area (Å²) in [5, 5.41) is 3.79. The van der Waals surface area contributed by atoms with Gasteiger partial charge in [-0.25, -0.2) is 13.8 Å². The van der Waals surface area contributed by atoms with E-state index in [4.69, 9.17) is 4.74 Å². The van der Waals surface area contributed by atoms with Gasteiger partial charge in [0.25, 0.3) is 0 Å². The number of anilines is 1. The molecule has 0 spiro atoms. The summed E-state index contributed by atoms with van der Waals surface area (Å²) >= 11 is 1.27. The second kappa shape index (κ2) is 4.78. The monoisotopic (exact) mass is 270 g/mol. The van der Waals surface area contributed by atoms with E-state index in [-0.39, 0.29) is 5.52 Å². The number of benzene rings is 1. The number of thiazole rings is 1. The van der Waals surface area contributed by atoms with Crippen molar-refractivity contribution in [2.45, 2.75) is 6.42 Å². The topological polar surface area (TPSA) is 34.2 Å². The lowest BCUT2D eigenvalue weighted by Crippen LogP contribution is -2.13. The summed E-state index contributed by atoms with van der Waals surface area (Å²) < 4.78 is 32.3. The minimum Gasteiger partial charge on any atom is -0.381 e. The maximum absolute atomic E-state index is 13.5. The summed E-state index contributed by atoms with van der Waals surface area (Å²) in [4.78, 5) is 4.14. The number of hydrogen-bond acceptors (Lipinski definition) is 4. The predicted octanol–water partition coefficient (Wildman–Crippen LogP) is 3.02. The predicted molar refractivity (Wildman–Crippen MR) is 67.0 cm³/mol. The zero-order valence-corrected chi connectivity index (χ0v) is 10.4. The van der Waals surface area contributed by atoms with Gasteiger partial charge in [-0.2, -0.15) is 0 Å². The molecule has 3 rings (SSSR count). The zero-order valence-electron chi connectivity index (χ0n) is 9.58. The molecule has 0 aliphatic carbocycles. The average Bonchev–Trinajstić information content (AvgIpc) is 2.93. The number of ether oxygens (including phenoxy) is 1. The molecule has 0 radical (unpaired) electrons. The lowest BCUT2D eigenvalue weighted by molar-refractivity contribution is 0.187. The second-order valence-corrected chi connectivity index (χ2v) is 5.39.